The Bertz CT molecular complexity index is 977. The van der Waals surface area contributed by atoms with Gasteiger partial charge in [0.1, 0.15) is 12.7 Å². The van der Waals surface area contributed by atoms with E-state index >= 15 is 0 Å². The number of aliphatic hydroxyl groups is 1. The summed E-state index contributed by atoms with van der Waals surface area (Å²) < 4.78 is 24.4. The lowest BCUT2D eigenvalue weighted by molar-refractivity contribution is 0.0418. The van der Waals surface area contributed by atoms with Gasteiger partial charge in [-0.1, -0.05) is 28.9 Å². The number of halogens is 2. The molecule has 31 heavy (non-hydrogen) atoms. The first kappa shape index (κ1) is 21.7. The van der Waals surface area contributed by atoms with Crippen LogP contribution in [0.5, 0.6) is 5.75 Å². The molecule has 1 unspecified atom stereocenters. The normalized spacial score (nSPS) is 16.4. The smallest absolute Gasteiger partial charge is 0.241 e. The van der Waals surface area contributed by atoms with E-state index in [1.807, 2.05) is 12.1 Å². The first-order valence-corrected chi connectivity index (χ1v) is 10.5. The van der Waals surface area contributed by atoms with E-state index in [0.29, 0.717) is 29.8 Å². The summed E-state index contributed by atoms with van der Waals surface area (Å²) >= 11 is 5.92. The summed E-state index contributed by atoms with van der Waals surface area (Å²) in [6.07, 6.45) is -0.691. The highest BCUT2D eigenvalue weighted by atomic mass is 35.5. The lowest BCUT2D eigenvalue weighted by Gasteiger charge is -2.34. The minimum Gasteiger partial charge on any atom is -0.488 e. The van der Waals surface area contributed by atoms with Gasteiger partial charge in [0.15, 0.2) is 11.6 Å². The van der Waals surface area contributed by atoms with Crippen molar-refractivity contribution in [3.8, 4) is 17.1 Å². The minimum atomic E-state index is -0.691. The molecule has 1 aliphatic heterocycles. The first-order chi connectivity index (χ1) is 15.1. The summed E-state index contributed by atoms with van der Waals surface area (Å²) in [6, 6.07) is 13.5. The zero-order valence-corrected chi connectivity index (χ0v) is 17.7. The topological polar surface area (TPSA) is 74.9 Å². The predicted molar refractivity (Wildman–Crippen MR) is 114 cm³/mol. The van der Waals surface area contributed by atoms with Crippen LogP contribution >= 0.6 is 11.6 Å². The number of nitrogens with zero attached hydrogens (tertiary/aromatic N) is 4. The molecule has 9 heteroatoms. The van der Waals surface area contributed by atoms with Crippen molar-refractivity contribution < 1.29 is 18.8 Å². The first-order valence-electron chi connectivity index (χ1n) is 10.2. The van der Waals surface area contributed by atoms with E-state index in [4.69, 9.17) is 20.9 Å². The fourth-order valence-electron chi connectivity index (χ4n) is 3.46. The molecule has 1 saturated heterocycles. The van der Waals surface area contributed by atoms with Crippen LogP contribution in [0.15, 0.2) is 53.1 Å². The Morgan fingerprint density at radius 1 is 1.06 bits per heavy atom. The molecule has 1 aliphatic rings. The van der Waals surface area contributed by atoms with E-state index in [-0.39, 0.29) is 12.4 Å². The summed E-state index contributed by atoms with van der Waals surface area (Å²) in [4.78, 5) is 8.87. The molecule has 1 fully saturated rings. The van der Waals surface area contributed by atoms with Gasteiger partial charge in [-0.05, 0) is 36.4 Å². The van der Waals surface area contributed by atoms with Crippen LogP contribution in [-0.4, -0.2) is 70.5 Å². The second-order valence-electron chi connectivity index (χ2n) is 7.49. The van der Waals surface area contributed by atoms with Crippen molar-refractivity contribution in [1.29, 1.82) is 0 Å². The number of aliphatic hydroxyl groups excluding tert-OH is 1. The Hall–Kier alpha value is -2.52. The molecule has 0 radical (unpaired) electrons. The molecule has 1 N–H and O–H groups in total. The minimum absolute atomic E-state index is 0.0522. The monoisotopic (exact) mass is 446 g/mol. The number of ether oxygens (including phenoxy) is 1. The maximum absolute atomic E-state index is 13.6. The fraction of sp³-hybridized carbons (Fsp3) is 0.364. The summed E-state index contributed by atoms with van der Waals surface area (Å²) in [5.74, 6) is 0.840. The van der Waals surface area contributed by atoms with Crippen molar-refractivity contribution in [2.45, 2.75) is 12.6 Å². The zero-order valence-electron chi connectivity index (χ0n) is 17.0. The lowest BCUT2D eigenvalue weighted by atomic mass is 10.2. The Morgan fingerprint density at radius 3 is 2.52 bits per heavy atom. The Kier molecular flexibility index (Phi) is 7.14. The van der Waals surface area contributed by atoms with E-state index in [0.717, 1.165) is 31.7 Å². The predicted octanol–water partition coefficient (Wildman–Crippen LogP) is 3.09. The van der Waals surface area contributed by atoms with Gasteiger partial charge in [0.05, 0.1) is 6.54 Å². The average Bonchev–Trinajstić information content (AvgIpc) is 3.23. The average molecular weight is 447 g/mol. The van der Waals surface area contributed by atoms with Gasteiger partial charge in [0.25, 0.3) is 0 Å². The van der Waals surface area contributed by atoms with E-state index in [9.17, 15) is 9.50 Å². The van der Waals surface area contributed by atoms with Gasteiger partial charge >= 0.3 is 0 Å². The van der Waals surface area contributed by atoms with Gasteiger partial charge in [0, 0.05) is 43.3 Å². The molecule has 1 aromatic heterocycles. The molecule has 0 bridgehead atoms. The van der Waals surface area contributed by atoms with Crippen molar-refractivity contribution in [2.24, 2.45) is 0 Å². The van der Waals surface area contributed by atoms with Gasteiger partial charge in [-0.3, -0.25) is 9.80 Å². The second kappa shape index (κ2) is 10.2. The van der Waals surface area contributed by atoms with E-state index in [1.54, 1.807) is 30.3 Å². The molecule has 2 aromatic carbocycles. The molecule has 7 nitrogen and oxygen atoms in total. The van der Waals surface area contributed by atoms with Crippen molar-refractivity contribution in [2.75, 3.05) is 39.3 Å². The van der Waals surface area contributed by atoms with Crippen LogP contribution in [0, 0.1) is 5.82 Å². The van der Waals surface area contributed by atoms with Crippen LogP contribution in [0.25, 0.3) is 11.4 Å². The van der Waals surface area contributed by atoms with Crippen LogP contribution in [-0.2, 0) is 6.54 Å². The maximum atomic E-state index is 13.6. The number of piperazine rings is 1. The van der Waals surface area contributed by atoms with Crippen molar-refractivity contribution in [3.05, 3.63) is 65.3 Å². The number of para-hydroxylation sites is 1. The second-order valence-corrected chi connectivity index (χ2v) is 7.93. The van der Waals surface area contributed by atoms with Gasteiger partial charge in [-0.2, -0.15) is 4.98 Å². The van der Waals surface area contributed by atoms with Crippen molar-refractivity contribution in [1.82, 2.24) is 19.9 Å². The number of hydrogen-bond donors (Lipinski definition) is 1. The standard InChI is InChI=1S/C22H24ClFN4O3/c23-17-7-5-16(6-8-17)22-25-21(31-26-22)14-28-11-9-27(10-12-28)13-18(29)15-30-20-4-2-1-3-19(20)24/h1-8,18,29H,9-15H2. The summed E-state index contributed by atoms with van der Waals surface area (Å²) in [6.45, 7) is 4.34. The lowest BCUT2D eigenvalue weighted by Crippen LogP contribution is -2.48. The highest BCUT2D eigenvalue weighted by molar-refractivity contribution is 6.30. The molecule has 0 amide bonds. The van der Waals surface area contributed by atoms with E-state index in [2.05, 4.69) is 19.9 Å². The quantitative estimate of drug-likeness (QED) is 0.570. The van der Waals surface area contributed by atoms with E-state index < -0.39 is 11.9 Å². The van der Waals surface area contributed by atoms with E-state index in [1.165, 1.54) is 6.07 Å². The number of rotatable bonds is 8. The summed E-state index contributed by atoms with van der Waals surface area (Å²) in [7, 11) is 0. The molecule has 1 atom stereocenters. The number of benzene rings is 2. The Morgan fingerprint density at radius 2 is 1.77 bits per heavy atom. The van der Waals surface area contributed by atoms with Gasteiger partial charge in [-0.15, -0.1) is 0 Å². The SMILES string of the molecule is OC(COc1ccccc1F)CN1CCN(Cc2nc(-c3ccc(Cl)cc3)no2)CC1. The highest BCUT2D eigenvalue weighted by Gasteiger charge is 2.21. The Balaban J connectivity index is 1.20. The number of hydrogen-bond acceptors (Lipinski definition) is 7. The molecule has 164 valence electrons. The molecule has 3 aromatic rings. The van der Waals surface area contributed by atoms with Gasteiger partial charge < -0.3 is 14.4 Å². The largest absolute Gasteiger partial charge is 0.488 e. The van der Waals surface area contributed by atoms with Crippen LogP contribution in [0.4, 0.5) is 4.39 Å². The maximum Gasteiger partial charge on any atom is 0.241 e. The molecule has 2 heterocycles. The third kappa shape index (κ3) is 6.01. The van der Waals surface area contributed by atoms with Crippen LogP contribution in [0.1, 0.15) is 5.89 Å². The van der Waals surface area contributed by atoms with Crippen LogP contribution in [0.3, 0.4) is 0 Å². The third-order valence-corrected chi connectivity index (χ3v) is 5.38. The Labute approximate surface area is 185 Å². The third-order valence-electron chi connectivity index (χ3n) is 5.13. The van der Waals surface area contributed by atoms with Crippen molar-refractivity contribution in [3.63, 3.8) is 0 Å². The number of aromatic nitrogens is 2. The van der Waals surface area contributed by atoms with Crippen LogP contribution in [0.2, 0.25) is 5.02 Å². The zero-order chi connectivity index (χ0) is 21.6. The summed E-state index contributed by atoms with van der Waals surface area (Å²) in [5.41, 5.74) is 0.857. The molecule has 4 rings (SSSR count). The number of β-amino-alcohol motifs (C(OH)–C–C–N with tert-alkyl or cyclic N) is 1. The highest BCUT2D eigenvalue weighted by Crippen LogP contribution is 2.19. The molecule has 0 aliphatic carbocycles. The van der Waals surface area contributed by atoms with Gasteiger partial charge in [0.2, 0.25) is 11.7 Å². The molecular formula is C22H24ClFN4O3. The van der Waals surface area contributed by atoms with Crippen LogP contribution < -0.4 is 4.74 Å². The van der Waals surface area contributed by atoms with Gasteiger partial charge in [-0.25, -0.2) is 4.39 Å². The summed E-state index contributed by atoms with van der Waals surface area (Å²) in [5, 5.41) is 14.9. The molecule has 0 spiro atoms. The fourth-order valence-corrected chi connectivity index (χ4v) is 3.58. The van der Waals surface area contributed by atoms with Crippen molar-refractivity contribution >= 4 is 11.6 Å². The molecular weight excluding hydrogens is 423 g/mol. The molecule has 0 saturated carbocycles.